The van der Waals surface area contributed by atoms with E-state index in [9.17, 15) is 0 Å². The van der Waals surface area contributed by atoms with Crippen LogP contribution in [0, 0.1) is 23.7 Å². The van der Waals surface area contributed by atoms with Gasteiger partial charge in [0.2, 0.25) is 0 Å². The highest BCUT2D eigenvalue weighted by Crippen LogP contribution is 2.38. The Morgan fingerprint density at radius 2 is 1.72 bits per heavy atom. The number of hydrazine groups is 1. The highest BCUT2D eigenvalue weighted by molar-refractivity contribution is 6.20. The summed E-state index contributed by atoms with van der Waals surface area (Å²) in [5.74, 6) is 2.99. The summed E-state index contributed by atoms with van der Waals surface area (Å²) in [6, 6.07) is 0.609. The van der Waals surface area contributed by atoms with Crippen LogP contribution >= 0.6 is 11.6 Å². The fraction of sp³-hybridized carbons (Fsp3) is 1.00. The molecule has 0 aromatic rings. The van der Waals surface area contributed by atoms with Gasteiger partial charge in [-0.05, 0) is 75.8 Å². The number of alkyl halides is 1. The monoisotopic (exact) mass is 370 g/mol. The average Bonchev–Trinajstić information content (AvgIpc) is 2.68. The van der Waals surface area contributed by atoms with E-state index in [0.29, 0.717) is 23.5 Å². The van der Waals surface area contributed by atoms with Gasteiger partial charge in [0.25, 0.3) is 0 Å². The van der Waals surface area contributed by atoms with Crippen molar-refractivity contribution in [3.63, 3.8) is 0 Å². The molecule has 144 valence electrons. The zero-order valence-electron chi connectivity index (χ0n) is 15.3. The van der Waals surface area contributed by atoms with Gasteiger partial charge in [-0.25, -0.2) is 5.43 Å². The van der Waals surface area contributed by atoms with Crippen molar-refractivity contribution >= 4 is 11.6 Å². The molecule has 0 aromatic carbocycles. The molecule has 0 spiro atoms. The van der Waals surface area contributed by atoms with E-state index in [4.69, 9.17) is 16.3 Å². The van der Waals surface area contributed by atoms with Gasteiger partial charge in [-0.1, -0.05) is 0 Å². The molecule has 1 aliphatic carbocycles. The van der Waals surface area contributed by atoms with E-state index in [2.05, 4.69) is 21.5 Å². The van der Waals surface area contributed by atoms with E-state index in [-0.39, 0.29) is 0 Å². The van der Waals surface area contributed by atoms with Gasteiger partial charge in [-0.15, -0.1) is 11.6 Å². The van der Waals surface area contributed by atoms with Crippen molar-refractivity contribution < 1.29 is 4.74 Å². The van der Waals surface area contributed by atoms with Crippen molar-refractivity contribution in [3.05, 3.63) is 0 Å². The lowest BCUT2D eigenvalue weighted by Gasteiger charge is -2.50. The first-order valence-corrected chi connectivity index (χ1v) is 10.9. The van der Waals surface area contributed by atoms with Crippen molar-refractivity contribution in [1.29, 1.82) is 0 Å². The third-order valence-corrected chi connectivity index (χ3v) is 7.49. The molecule has 3 aliphatic heterocycles. The van der Waals surface area contributed by atoms with E-state index < -0.39 is 0 Å². The van der Waals surface area contributed by atoms with Gasteiger partial charge >= 0.3 is 0 Å². The van der Waals surface area contributed by atoms with Gasteiger partial charge in [-0.3, -0.25) is 5.43 Å². The standard InChI is InChI=1S/C19H35ClN4O/c20-15-3-1-14(2-4-15)18-16-5-8-21-12-17(16)19(24-23-18)22-11-13-6-9-25-10-7-13/h13-19,21-24H,1-12H2. The second-order valence-corrected chi connectivity index (χ2v) is 9.21. The van der Waals surface area contributed by atoms with Crippen LogP contribution in [0.25, 0.3) is 0 Å². The van der Waals surface area contributed by atoms with Gasteiger partial charge in [0.05, 0.1) is 6.17 Å². The fourth-order valence-electron chi connectivity index (χ4n) is 5.47. The van der Waals surface area contributed by atoms with E-state index >= 15 is 0 Å². The van der Waals surface area contributed by atoms with Crippen LogP contribution in [0.15, 0.2) is 0 Å². The Balaban J connectivity index is 1.34. The molecule has 4 fully saturated rings. The van der Waals surface area contributed by atoms with Crippen molar-refractivity contribution in [1.82, 2.24) is 21.5 Å². The fourth-order valence-corrected chi connectivity index (χ4v) is 5.72. The average molecular weight is 371 g/mol. The van der Waals surface area contributed by atoms with Gasteiger partial charge in [0, 0.05) is 37.1 Å². The van der Waals surface area contributed by atoms with E-state index in [1.54, 1.807) is 0 Å². The lowest BCUT2D eigenvalue weighted by molar-refractivity contribution is 0.0252. The Hall–Kier alpha value is 0.0900. The topological polar surface area (TPSA) is 57.3 Å². The Labute approximate surface area is 157 Å². The first-order valence-electron chi connectivity index (χ1n) is 10.5. The van der Waals surface area contributed by atoms with E-state index in [1.165, 1.54) is 44.9 Å². The summed E-state index contributed by atoms with van der Waals surface area (Å²) in [4.78, 5) is 0. The summed E-state index contributed by atoms with van der Waals surface area (Å²) in [5.41, 5.74) is 7.38. The second kappa shape index (κ2) is 8.85. The maximum Gasteiger partial charge on any atom is 0.0748 e. The predicted molar refractivity (Wildman–Crippen MR) is 101 cm³/mol. The number of halogens is 1. The number of hydrogen-bond acceptors (Lipinski definition) is 5. The van der Waals surface area contributed by atoms with Gasteiger partial charge in [0.1, 0.15) is 0 Å². The summed E-state index contributed by atoms with van der Waals surface area (Å²) in [6.45, 7) is 5.26. The van der Waals surface area contributed by atoms with Gasteiger partial charge in [-0.2, -0.15) is 0 Å². The van der Waals surface area contributed by atoms with Crippen molar-refractivity contribution in [2.45, 2.75) is 62.5 Å². The van der Waals surface area contributed by atoms with Crippen LogP contribution in [0.3, 0.4) is 0 Å². The number of hydrogen-bond donors (Lipinski definition) is 4. The molecule has 4 unspecified atom stereocenters. The minimum atomic E-state index is 0.376. The third-order valence-electron chi connectivity index (χ3n) is 7.06. The van der Waals surface area contributed by atoms with Crippen LogP contribution in [-0.4, -0.2) is 50.4 Å². The molecule has 0 aromatic heterocycles. The quantitative estimate of drug-likeness (QED) is 0.569. The zero-order valence-corrected chi connectivity index (χ0v) is 16.1. The first kappa shape index (κ1) is 18.5. The van der Waals surface area contributed by atoms with Crippen LogP contribution in [0.2, 0.25) is 0 Å². The van der Waals surface area contributed by atoms with Crippen LogP contribution < -0.4 is 21.5 Å². The van der Waals surface area contributed by atoms with Crippen molar-refractivity contribution in [2.24, 2.45) is 23.7 Å². The van der Waals surface area contributed by atoms with Crippen LogP contribution in [0.4, 0.5) is 0 Å². The van der Waals surface area contributed by atoms with Gasteiger partial charge < -0.3 is 15.4 Å². The molecule has 0 radical (unpaired) electrons. The summed E-state index contributed by atoms with van der Waals surface area (Å²) in [7, 11) is 0. The number of nitrogens with one attached hydrogen (secondary N) is 4. The molecule has 5 nitrogen and oxygen atoms in total. The van der Waals surface area contributed by atoms with Crippen LogP contribution in [-0.2, 0) is 4.74 Å². The molecule has 3 saturated heterocycles. The summed E-state index contributed by atoms with van der Waals surface area (Å²) >= 11 is 6.33. The molecule has 4 rings (SSSR count). The minimum Gasteiger partial charge on any atom is -0.381 e. The SMILES string of the molecule is ClC1CCC(C2NNC(NCC3CCOCC3)C3CNCCC32)CC1. The maximum atomic E-state index is 6.33. The smallest absolute Gasteiger partial charge is 0.0748 e. The highest BCUT2D eigenvalue weighted by atomic mass is 35.5. The number of rotatable bonds is 4. The zero-order chi connectivity index (χ0) is 17.1. The largest absolute Gasteiger partial charge is 0.381 e. The first-order chi connectivity index (χ1) is 12.3. The molecular weight excluding hydrogens is 336 g/mol. The molecular formula is C19H35ClN4O. The molecule has 6 heteroatoms. The van der Waals surface area contributed by atoms with Crippen LogP contribution in [0.1, 0.15) is 44.9 Å². The normalized spacial score (nSPS) is 43.6. The molecule has 4 N–H and O–H groups in total. The molecule has 25 heavy (non-hydrogen) atoms. The number of ether oxygens (including phenoxy) is 1. The van der Waals surface area contributed by atoms with Gasteiger partial charge in [0.15, 0.2) is 0 Å². The molecule has 4 atom stereocenters. The minimum absolute atomic E-state index is 0.376. The Morgan fingerprint density at radius 1 is 0.920 bits per heavy atom. The summed E-state index contributed by atoms with van der Waals surface area (Å²) in [5, 5.41) is 7.87. The Morgan fingerprint density at radius 3 is 2.52 bits per heavy atom. The van der Waals surface area contributed by atoms with Crippen molar-refractivity contribution in [3.8, 4) is 0 Å². The molecule has 3 heterocycles. The molecule has 4 aliphatic rings. The summed E-state index contributed by atoms with van der Waals surface area (Å²) < 4.78 is 5.49. The summed E-state index contributed by atoms with van der Waals surface area (Å²) in [6.07, 6.45) is 9.00. The Bertz CT molecular complexity index is 412. The molecule has 0 amide bonds. The maximum absolute atomic E-state index is 6.33. The number of fused-ring (bicyclic) bond motifs is 1. The Kier molecular flexibility index (Phi) is 6.53. The molecule has 1 saturated carbocycles. The lowest BCUT2D eigenvalue weighted by Crippen LogP contribution is -2.70. The lowest BCUT2D eigenvalue weighted by atomic mass is 9.70. The van der Waals surface area contributed by atoms with Crippen molar-refractivity contribution in [2.75, 3.05) is 32.8 Å². The second-order valence-electron chi connectivity index (χ2n) is 8.59. The number of piperidine rings is 1. The van der Waals surface area contributed by atoms with E-state index in [1.807, 2.05) is 0 Å². The van der Waals surface area contributed by atoms with Crippen LogP contribution in [0.5, 0.6) is 0 Å². The highest BCUT2D eigenvalue weighted by Gasteiger charge is 2.43. The van der Waals surface area contributed by atoms with E-state index in [0.717, 1.165) is 50.6 Å². The molecule has 0 bridgehead atoms. The predicted octanol–water partition coefficient (Wildman–Crippen LogP) is 1.83. The third kappa shape index (κ3) is 4.50.